The maximum absolute atomic E-state index is 11.3. The third-order valence-electron chi connectivity index (χ3n) is 2.06. The Kier molecular flexibility index (Phi) is 8.33. The number of amides is 1. The van der Waals surface area contributed by atoms with E-state index in [0.717, 1.165) is 12.8 Å². The molecule has 0 aromatic heterocycles. The highest BCUT2D eigenvalue weighted by Gasteiger charge is 2.05. The largest absolute Gasteiger partial charge is 0.391 e. The molecule has 0 aromatic rings. The van der Waals surface area contributed by atoms with Crippen molar-refractivity contribution in [1.82, 2.24) is 10.6 Å². The maximum Gasteiger partial charge on any atom is 0.221 e. The molecule has 4 heteroatoms. The van der Waals surface area contributed by atoms with Crippen LogP contribution in [-0.2, 0) is 4.79 Å². The van der Waals surface area contributed by atoms with Crippen molar-refractivity contribution < 1.29 is 9.90 Å². The van der Waals surface area contributed by atoms with Crippen LogP contribution in [-0.4, -0.2) is 36.2 Å². The van der Waals surface area contributed by atoms with Gasteiger partial charge in [0.1, 0.15) is 0 Å². The van der Waals surface area contributed by atoms with Crippen molar-refractivity contribution in [2.45, 2.75) is 52.2 Å². The summed E-state index contributed by atoms with van der Waals surface area (Å²) in [6.45, 7) is 7.16. The van der Waals surface area contributed by atoms with E-state index in [1.807, 2.05) is 20.8 Å². The summed E-state index contributed by atoms with van der Waals surface area (Å²) in [4.78, 5) is 11.3. The van der Waals surface area contributed by atoms with Crippen LogP contribution in [0.3, 0.4) is 0 Å². The summed E-state index contributed by atoms with van der Waals surface area (Å²) in [7, 11) is 0. The molecule has 0 heterocycles. The molecule has 0 aromatic carbocycles. The lowest BCUT2D eigenvalue weighted by Gasteiger charge is -2.11. The van der Waals surface area contributed by atoms with Crippen molar-refractivity contribution in [3.63, 3.8) is 0 Å². The second-order valence-electron chi connectivity index (χ2n) is 4.11. The van der Waals surface area contributed by atoms with Gasteiger partial charge in [0.15, 0.2) is 0 Å². The van der Waals surface area contributed by atoms with Gasteiger partial charge in [-0.05, 0) is 6.42 Å². The molecule has 0 rings (SSSR count). The molecule has 0 bridgehead atoms. The smallest absolute Gasteiger partial charge is 0.221 e. The van der Waals surface area contributed by atoms with Gasteiger partial charge < -0.3 is 15.7 Å². The zero-order chi connectivity index (χ0) is 11.7. The van der Waals surface area contributed by atoms with E-state index in [9.17, 15) is 9.90 Å². The Morgan fingerprint density at radius 1 is 1.40 bits per heavy atom. The molecule has 1 amide bonds. The first-order valence-electron chi connectivity index (χ1n) is 5.74. The third-order valence-corrected chi connectivity index (χ3v) is 2.06. The molecule has 1 atom stereocenters. The summed E-state index contributed by atoms with van der Waals surface area (Å²) in [6.07, 6.45) is 1.74. The lowest BCUT2D eigenvalue weighted by atomic mass is 10.2. The van der Waals surface area contributed by atoms with Gasteiger partial charge in [0, 0.05) is 25.6 Å². The van der Waals surface area contributed by atoms with Gasteiger partial charge >= 0.3 is 0 Å². The zero-order valence-electron chi connectivity index (χ0n) is 10.0. The van der Waals surface area contributed by atoms with Gasteiger partial charge in [-0.2, -0.15) is 0 Å². The van der Waals surface area contributed by atoms with Crippen LogP contribution in [0.5, 0.6) is 0 Å². The summed E-state index contributed by atoms with van der Waals surface area (Å²) in [5, 5.41) is 15.3. The second-order valence-corrected chi connectivity index (χ2v) is 4.11. The molecule has 0 aliphatic rings. The topological polar surface area (TPSA) is 61.4 Å². The molecule has 0 aliphatic carbocycles. The van der Waals surface area contributed by atoms with Crippen LogP contribution in [0, 0.1) is 0 Å². The van der Waals surface area contributed by atoms with Gasteiger partial charge in [-0.1, -0.05) is 27.2 Å². The fraction of sp³-hybridized carbons (Fsp3) is 0.909. The minimum absolute atomic E-state index is 0.00157. The number of carbonyl (C=O) groups is 1. The highest BCUT2D eigenvalue weighted by molar-refractivity contribution is 5.76. The molecule has 1 unspecified atom stereocenters. The molecule has 15 heavy (non-hydrogen) atoms. The molecule has 0 aliphatic heterocycles. The van der Waals surface area contributed by atoms with Crippen LogP contribution in [0.25, 0.3) is 0 Å². The highest BCUT2D eigenvalue weighted by atomic mass is 16.3. The van der Waals surface area contributed by atoms with Crippen LogP contribution in [0.1, 0.15) is 40.0 Å². The Labute approximate surface area is 92.4 Å². The minimum atomic E-state index is -0.406. The van der Waals surface area contributed by atoms with Gasteiger partial charge in [0.25, 0.3) is 0 Å². The Bertz CT molecular complexity index is 172. The van der Waals surface area contributed by atoms with E-state index in [1.165, 1.54) is 0 Å². The predicted octanol–water partition coefficient (Wildman–Crippen LogP) is 0.652. The number of aliphatic hydroxyl groups is 1. The predicted molar refractivity (Wildman–Crippen MR) is 61.7 cm³/mol. The first-order chi connectivity index (χ1) is 7.06. The van der Waals surface area contributed by atoms with Crippen LogP contribution in [0.15, 0.2) is 0 Å². The van der Waals surface area contributed by atoms with E-state index in [1.54, 1.807) is 0 Å². The first-order valence-corrected chi connectivity index (χ1v) is 5.74. The summed E-state index contributed by atoms with van der Waals surface area (Å²) < 4.78 is 0. The summed E-state index contributed by atoms with van der Waals surface area (Å²) in [5.41, 5.74) is 0. The SMILES string of the molecule is CCCC(O)CNC(=O)CCNC(C)C. The number of hydrogen-bond donors (Lipinski definition) is 3. The Morgan fingerprint density at radius 3 is 2.60 bits per heavy atom. The van der Waals surface area contributed by atoms with Gasteiger partial charge in [-0.15, -0.1) is 0 Å². The highest BCUT2D eigenvalue weighted by Crippen LogP contribution is 1.93. The van der Waals surface area contributed by atoms with Gasteiger partial charge in [0.05, 0.1) is 6.10 Å². The summed E-state index contributed by atoms with van der Waals surface area (Å²) >= 11 is 0. The number of nitrogens with one attached hydrogen (secondary N) is 2. The van der Waals surface area contributed by atoms with E-state index in [0.29, 0.717) is 25.6 Å². The first kappa shape index (κ1) is 14.4. The molecular weight excluding hydrogens is 192 g/mol. The van der Waals surface area contributed by atoms with E-state index in [-0.39, 0.29) is 5.91 Å². The fourth-order valence-corrected chi connectivity index (χ4v) is 1.23. The summed E-state index contributed by atoms with van der Waals surface area (Å²) in [5.74, 6) is -0.00157. The maximum atomic E-state index is 11.3. The number of aliphatic hydroxyl groups excluding tert-OH is 1. The van der Waals surface area contributed by atoms with Crippen molar-refractivity contribution in [2.24, 2.45) is 0 Å². The van der Waals surface area contributed by atoms with Gasteiger partial charge in [0.2, 0.25) is 5.91 Å². The van der Waals surface area contributed by atoms with Crippen LogP contribution in [0.2, 0.25) is 0 Å². The number of hydrogen-bond acceptors (Lipinski definition) is 3. The number of carbonyl (C=O) groups excluding carboxylic acids is 1. The minimum Gasteiger partial charge on any atom is -0.391 e. The number of rotatable bonds is 8. The zero-order valence-corrected chi connectivity index (χ0v) is 10.0. The Balaban J connectivity index is 3.40. The van der Waals surface area contributed by atoms with Gasteiger partial charge in [-0.25, -0.2) is 0 Å². The third kappa shape index (κ3) is 9.69. The quantitative estimate of drug-likeness (QED) is 0.558. The molecule has 0 saturated heterocycles. The Morgan fingerprint density at radius 2 is 2.07 bits per heavy atom. The molecule has 0 spiro atoms. The lowest BCUT2D eigenvalue weighted by molar-refractivity contribution is -0.121. The molecule has 0 saturated carbocycles. The standard InChI is InChI=1S/C11H24N2O2/c1-4-5-10(14)8-13-11(15)6-7-12-9(2)3/h9-10,12,14H,4-8H2,1-3H3,(H,13,15). The normalized spacial score (nSPS) is 12.9. The van der Waals surface area contributed by atoms with Crippen molar-refractivity contribution >= 4 is 5.91 Å². The van der Waals surface area contributed by atoms with E-state index in [4.69, 9.17) is 0 Å². The van der Waals surface area contributed by atoms with E-state index < -0.39 is 6.10 Å². The van der Waals surface area contributed by atoms with Crippen LogP contribution >= 0.6 is 0 Å². The molecule has 4 nitrogen and oxygen atoms in total. The fourth-order valence-electron chi connectivity index (χ4n) is 1.23. The molecule has 90 valence electrons. The average molecular weight is 216 g/mol. The molecular formula is C11H24N2O2. The summed E-state index contributed by atoms with van der Waals surface area (Å²) in [6, 6.07) is 0.406. The average Bonchev–Trinajstić information content (AvgIpc) is 2.14. The van der Waals surface area contributed by atoms with Crippen LogP contribution < -0.4 is 10.6 Å². The Hall–Kier alpha value is -0.610. The van der Waals surface area contributed by atoms with Gasteiger partial charge in [-0.3, -0.25) is 4.79 Å². The lowest BCUT2D eigenvalue weighted by Crippen LogP contribution is -2.34. The molecule has 0 fully saturated rings. The van der Waals surface area contributed by atoms with E-state index >= 15 is 0 Å². The van der Waals surface area contributed by atoms with Crippen LogP contribution in [0.4, 0.5) is 0 Å². The van der Waals surface area contributed by atoms with Crippen molar-refractivity contribution in [3.8, 4) is 0 Å². The monoisotopic (exact) mass is 216 g/mol. The van der Waals surface area contributed by atoms with E-state index in [2.05, 4.69) is 10.6 Å². The molecule has 0 radical (unpaired) electrons. The van der Waals surface area contributed by atoms with Crippen molar-refractivity contribution in [2.75, 3.05) is 13.1 Å². The van der Waals surface area contributed by atoms with Crippen molar-refractivity contribution in [3.05, 3.63) is 0 Å². The molecule has 3 N–H and O–H groups in total. The second kappa shape index (κ2) is 8.68. The van der Waals surface area contributed by atoms with Crippen molar-refractivity contribution in [1.29, 1.82) is 0 Å².